The largest absolute Gasteiger partial charge is 0.326 e. The van der Waals surface area contributed by atoms with Crippen LogP contribution in [0.1, 0.15) is 43.7 Å². The van der Waals surface area contributed by atoms with Gasteiger partial charge in [0.2, 0.25) is 10.0 Å². The maximum absolute atomic E-state index is 12.9. The third-order valence-electron chi connectivity index (χ3n) is 3.76. The van der Waals surface area contributed by atoms with Crippen molar-refractivity contribution in [1.82, 2.24) is 4.31 Å². The lowest BCUT2D eigenvalue weighted by Crippen LogP contribution is -2.34. The Morgan fingerprint density at radius 3 is 2.60 bits per heavy atom. The lowest BCUT2D eigenvalue weighted by molar-refractivity contribution is 0.395. The maximum Gasteiger partial charge on any atom is 0.243 e. The molecule has 0 radical (unpaired) electrons. The fraction of sp³-hybridized carbons (Fsp3) is 0.600. The number of hydrogen-bond donors (Lipinski definition) is 1. The molecule has 0 aromatic heterocycles. The van der Waals surface area contributed by atoms with E-state index in [0.717, 1.165) is 36.8 Å². The van der Waals surface area contributed by atoms with Crippen LogP contribution in [-0.4, -0.2) is 25.3 Å². The van der Waals surface area contributed by atoms with Gasteiger partial charge in [-0.2, -0.15) is 4.31 Å². The van der Waals surface area contributed by atoms with E-state index < -0.39 is 10.0 Å². The zero-order valence-corrected chi connectivity index (χ0v) is 13.1. The third-order valence-corrected chi connectivity index (χ3v) is 5.85. The lowest BCUT2D eigenvalue weighted by Gasteiger charge is -2.23. The summed E-state index contributed by atoms with van der Waals surface area (Å²) in [6, 6.07) is 5.67. The van der Waals surface area contributed by atoms with Crippen LogP contribution in [-0.2, 0) is 16.6 Å². The van der Waals surface area contributed by atoms with Crippen molar-refractivity contribution < 1.29 is 8.42 Å². The average Bonchev–Trinajstić information content (AvgIpc) is 3.24. The van der Waals surface area contributed by atoms with Gasteiger partial charge in [-0.1, -0.05) is 25.5 Å². The Morgan fingerprint density at radius 2 is 2.05 bits per heavy atom. The highest BCUT2D eigenvalue weighted by atomic mass is 32.2. The van der Waals surface area contributed by atoms with Gasteiger partial charge < -0.3 is 5.73 Å². The van der Waals surface area contributed by atoms with Gasteiger partial charge in [0.25, 0.3) is 0 Å². The molecule has 2 N–H and O–H groups in total. The van der Waals surface area contributed by atoms with E-state index in [9.17, 15) is 8.42 Å². The number of benzene rings is 1. The van der Waals surface area contributed by atoms with Gasteiger partial charge in [0, 0.05) is 19.1 Å². The minimum atomic E-state index is -3.40. The maximum atomic E-state index is 12.9. The van der Waals surface area contributed by atoms with E-state index in [1.165, 1.54) is 0 Å². The molecule has 1 saturated carbocycles. The van der Waals surface area contributed by atoms with Crippen LogP contribution in [0.5, 0.6) is 0 Å². The van der Waals surface area contributed by atoms with E-state index >= 15 is 0 Å². The summed E-state index contributed by atoms with van der Waals surface area (Å²) in [7, 11) is -3.40. The van der Waals surface area contributed by atoms with Crippen LogP contribution >= 0.6 is 0 Å². The number of hydrogen-bond acceptors (Lipinski definition) is 3. The molecule has 2 rings (SSSR count). The summed E-state index contributed by atoms with van der Waals surface area (Å²) in [4.78, 5) is 0.420. The number of rotatable bonds is 7. The molecule has 0 aliphatic heterocycles. The molecule has 0 spiro atoms. The normalized spacial score (nSPS) is 15.8. The molecule has 1 aromatic rings. The van der Waals surface area contributed by atoms with Gasteiger partial charge in [-0.15, -0.1) is 0 Å². The third kappa shape index (κ3) is 3.22. The van der Waals surface area contributed by atoms with Crippen LogP contribution in [0.3, 0.4) is 0 Å². The molecule has 0 unspecified atom stereocenters. The molecule has 1 aliphatic rings. The van der Waals surface area contributed by atoms with Crippen molar-refractivity contribution in [1.29, 1.82) is 0 Å². The smallest absolute Gasteiger partial charge is 0.243 e. The molecule has 1 aromatic carbocycles. The van der Waals surface area contributed by atoms with E-state index in [2.05, 4.69) is 6.92 Å². The second kappa shape index (κ2) is 6.24. The standard InChI is InChI=1S/C15H24N2O2S/c1-3-4-9-17(14-7-8-14)20(18,19)15-10-13(11-16)6-5-12(15)2/h5-6,10,14H,3-4,7-9,11,16H2,1-2H3. The van der Waals surface area contributed by atoms with Crippen LogP contribution in [0.4, 0.5) is 0 Å². The zero-order chi connectivity index (χ0) is 14.8. The number of aryl methyl sites for hydroxylation is 1. The Labute approximate surface area is 122 Å². The molecule has 112 valence electrons. The minimum Gasteiger partial charge on any atom is -0.326 e. The molecule has 0 bridgehead atoms. The van der Waals surface area contributed by atoms with Crippen molar-refractivity contribution in [3.8, 4) is 0 Å². The van der Waals surface area contributed by atoms with Crippen molar-refractivity contribution >= 4 is 10.0 Å². The predicted octanol–water partition coefficient (Wildman–Crippen LogP) is 2.41. The second-order valence-corrected chi connectivity index (χ2v) is 7.36. The molecule has 0 atom stereocenters. The monoisotopic (exact) mass is 296 g/mol. The van der Waals surface area contributed by atoms with Crippen LogP contribution in [0.15, 0.2) is 23.1 Å². The predicted molar refractivity (Wildman–Crippen MR) is 80.9 cm³/mol. The summed E-state index contributed by atoms with van der Waals surface area (Å²) >= 11 is 0. The molecule has 20 heavy (non-hydrogen) atoms. The van der Waals surface area contributed by atoms with Crippen LogP contribution < -0.4 is 5.73 Å². The van der Waals surface area contributed by atoms with Crippen molar-refractivity contribution in [2.24, 2.45) is 5.73 Å². The van der Waals surface area contributed by atoms with Gasteiger partial charge in [0.05, 0.1) is 4.90 Å². The number of unbranched alkanes of at least 4 members (excludes halogenated alkanes) is 1. The SMILES string of the molecule is CCCCN(C1CC1)S(=O)(=O)c1cc(CN)ccc1C. The Kier molecular flexibility index (Phi) is 4.83. The minimum absolute atomic E-state index is 0.201. The highest BCUT2D eigenvalue weighted by Crippen LogP contribution is 2.33. The van der Waals surface area contributed by atoms with Crippen LogP contribution in [0.25, 0.3) is 0 Å². The Bertz CT molecular complexity index is 565. The number of nitrogens with two attached hydrogens (primary N) is 1. The Balaban J connectivity index is 2.36. The molecule has 0 saturated heterocycles. The number of sulfonamides is 1. The van der Waals surface area contributed by atoms with Crippen molar-refractivity contribution in [3.05, 3.63) is 29.3 Å². The second-order valence-electron chi connectivity index (χ2n) is 5.50. The first-order valence-electron chi connectivity index (χ1n) is 7.32. The molecule has 1 aliphatic carbocycles. The van der Waals surface area contributed by atoms with E-state index in [1.54, 1.807) is 10.4 Å². The Hall–Kier alpha value is -0.910. The summed E-state index contributed by atoms with van der Waals surface area (Å²) in [5.74, 6) is 0. The van der Waals surface area contributed by atoms with E-state index in [-0.39, 0.29) is 6.04 Å². The fourth-order valence-electron chi connectivity index (χ4n) is 2.35. The van der Waals surface area contributed by atoms with Gasteiger partial charge in [-0.3, -0.25) is 0 Å². The lowest BCUT2D eigenvalue weighted by atomic mass is 10.1. The molecule has 5 heteroatoms. The summed E-state index contributed by atoms with van der Waals surface area (Å²) in [5, 5.41) is 0. The van der Waals surface area contributed by atoms with Crippen LogP contribution in [0, 0.1) is 6.92 Å². The molecular formula is C15H24N2O2S. The van der Waals surface area contributed by atoms with E-state index in [4.69, 9.17) is 5.73 Å². The first-order valence-corrected chi connectivity index (χ1v) is 8.76. The van der Waals surface area contributed by atoms with E-state index in [1.807, 2.05) is 19.1 Å². The zero-order valence-electron chi connectivity index (χ0n) is 12.3. The molecule has 1 fully saturated rings. The van der Waals surface area contributed by atoms with E-state index in [0.29, 0.717) is 18.0 Å². The molecule has 0 amide bonds. The highest BCUT2D eigenvalue weighted by molar-refractivity contribution is 7.89. The number of nitrogens with zero attached hydrogens (tertiary/aromatic N) is 1. The molecule has 4 nitrogen and oxygen atoms in total. The summed E-state index contributed by atoms with van der Waals surface area (Å²) in [5.41, 5.74) is 7.29. The van der Waals surface area contributed by atoms with Gasteiger partial charge in [-0.25, -0.2) is 8.42 Å². The summed E-state index contributed by atoms with van der Waals surface area (Å²) in [6.07, 6.45) is 3.88. The summed E-state index contributed by atoms with van der Waals surface area (Å²) in [6.45, 7) is 4.91. The van der Waals surface area contributed by atoms with Gasteiger partial charge in [0.1, 0.15) is 0 Å². The first-order chi connectivity index (χ1) is 9.50. The summed E-state index contributed by atoms with van der Waals surface area (Å²) < 4.78 is 27.5. The highest BCUT2D eigenvalue weighted by Gasteiger charge is 2.38. The van der Waals surface area contributed by atoms with Crippen molar-refractivity contribution in [2.45, 2.75) is 57.0 Å². The van der Waals surface area contributed by atoms with Crippen molar-refractivity contribution in [2.75, 3.05) is 6.54 Å². The van der Waals surface area contributed by atoms with Crippen molar-refractivity contribution in [3.63, 3.8) is 0 Å². The average molecular weight is 296 g/mol. The topological polar surface area (TPSA) is 63.4 Å². The quantitative estimate of drug-likeness (QED) is 0.840. The Morgan fingerprint density at radius 1 is 1.35 bits per heavy atom. The van der Waals surface area contributed by atoms with Crippen LogP contribution in [0.2, 0.25) is 0 Å². The van der Waals surface area contributed by atoms with Gasteiger partial charge >= 0.3 is 0 Å². The van der Waals surface area contributed by atoms with Gasteiger partial charge in [0.15, 0.2) is 0 Å². The molecule has 0 heterocycles. The van der Waals surface area contributed by atoms with Gasteiger partial charge in [-0.05, 0) is 43.4 Å². The fourth-order valence-corrected chi connectivity index (χ4v) is 4.35. The first kappa shape index (κ1) is 15.5. The molecular weight excluding hydrogens is 272 g/mol.